The molecule has 94 valence electrons. The zero-order chi connectivity index (χ0) is 12.9. The van der Waals surface area contributed by atoms with Gasteiger partial charge in [-0.15, -0.1) is 0 Å². The molecule has 0 saturated carbocycles. The van der Waals surface area contributed by atoms with E-state index in [9.17, 15) is 18.0 Å². The molecule has 1 unspecified atom stereocenters. The second-order valence-electron chi connectivity index (χ2n) is 3.36. The molecule has 0 radical (unpaired) electrons. The number of alkyl halides is 3. The van der Waals surface area contributed by atoms with Gasteiger partial charge in [0.1, 0.15) is 0 Å². The van der Waals surface area contributed by atoms with E-state index in [1.54, 1.807) is 12.1 Å². The fourth-order valence-corrected chi connectivity index (χ4v) is 1.97. The summed E-state index contributed by atoms with van der Waals surface area (Å²) in [6, 6.07) is 5.85. The van der Waals surface area contributed by atoms with Crippen LogP contribution in [0.3, 0.4) is 0 Å². The molecule has 1 amide bonds. The topological polar surface area (TPSA) is 29.1 Å². The van der Waals surface area contributed by atoms with Crippen molar-refractivity contribution in [1.29, 1.82) is 0 Å². The van der Waals surface area contributed by atoms with E-state index in [0.717, 1.165) is 5.56 Å². The molecule has 17 heavy (non-hydrogen) atoms. The standard InChI is InChI=1S/C11H12F3NOS/c1-2-10(15-7-16)8-3-5-9(6-4-8)17-11(12,13)14/h3-7,10H,2H2,1H3,(H,15,16). The molecule has 0 aliphatic rings. The molecule has 2 nitrogen and oxygen atoms in total. The van der Waals surface area contributed by atoms with E-state index in [1.807, 2.05) is 6.92 Å². The minimum Gasteiger partial charge on any atom is -0.352 e. The predicted octanol–water partition coefficient (Wildman–Crippen LogP) is 3.50. The third-order valence-electron chi connectivity index (χ3n) is 2.19. The van der Waals surface area contributed by atoms with Crippen LogP contribution in [0.1, 0.15) is 24.9 Å². The van der Waals surface area contributed by atoms with Gasteiger partial charge >= 0.3 is 5.51 Å². The van der Waals surface area contributed by atoms with E-state index in [0.29, 0.717) is 12.8 Å². The van der Waals surface area contributed by atoms with Crippen molar-refractivity contribution in [2.45, 2.75) is 29.8 Å². The van der Waals surface area contributed by atoms with Gasteiger partial charge in [0, 0.05) is 4.90 Å². The minimum atomic E-state index is -4.27. The fourth-order valence-electron chi connectivity index (χ4n) is 1.43. The molecule has 0 fully saturated rings. The number of carbonyl (C=O) groups is 1. The monoisotopic (exact) mass is 263 g/mol. The highest BCUT2D eigenvalue weighted by Crippen LogP contribution is 2.37. The molecular formula is C11H12F3NOS. The number of benzene rings is 1. The first-order valence-electron chi connectivity index (χ1n) is 5.01. The van der Waals surface area contributed by atoms with Crippen molar-refractivity contribution in [3.63, 3.8) is 0 Å². The Morgan fingerprint density at radius 1 is 1.35 bits per heavy atom. The van der Waals surface area contributed by atoms with Crippen LogP contribution in [0, 0.1) is 0 Å². The van der Waals surface area contributed by atoms with Gasteiger partial charge < -0.3 is 5.32 Å². The maximum atomic E-state index is 12.1. The Morgan fingerprint density at radius 3 is 2.35 bits per heavy atom. The van der Waals surface area contributed by atoms with Crippen LogP contribution in [0.5, 0.6) is 0 Å². The van der Waals surface area contributed by atoms with Gasteiger partial charge in [-0.05, 0) is 35.9 Å². The molecule has 1 N–H and O–H groups in total. The minimum absolute atomic E-state index is 0.141. The molecule has 0 spiro atoms. The third-order valence-corrected chi connectivity index (χ3v) is 2.93. The van der Waals surface area contributed by atoms with Crippen molar-refractivity contribution in [2.24, 2.45) is 0 Å². The summed E-state index contributed by atoms with van der Waals surface area (Å²) in [6.45, 7) is 1.89. The van der Waals surface area contributed by atoms with Gasteiger partial charge in [-0.25, -0.2) is 0 Å². The van der Waals surface area contributed by atoms with Crippen molar-refractivity contribution in [3.05, 3.63) is 29.8 Å². The third kappa shape index (κ3) is 4.68. The molecule has 1 aromatic carbocycles. The highest BCUT2D eigenvalue weighted by molar-refractivity contribution is 8.00. The van der Waals surface area contributed by atoms with Gasteiger partial charge in [0.25, 0.3) is 0 Å². The van der Waals surface area contributed by atoms with Crippen LogP contribution >= 0.6 is 11.8 Å². The molecular weight excluding hydrogens is 251 g/mol. The van der Waals surface area contributed by atoms with Crippen LogP contribution in [0.15, 0.2) is 29.2 Å². The highest BCUT2D eigenvalue weighted by Gasteiger charge is 2.29. The second kappa shape index (κ2) is 5.95. The van der Waals surface area contributed by atoms with Crippen LogP contribution in [-0.4, -0.2) is 11.9 Å². The Balaban J connectivity index is 2.76. The first kappa shape index (κ1) is 13.9. The van der Waals surface area contributed by atoms with Crippen molar-refractivity contribution in [2.75, 3.05) is 0 Å². The summed E-state index contributed by atoms with van der Waals surface area (Å²) in [5.74, 6) is 0. The van der Waals surface area contributed by atoms with Crippen molar-refractivity contribution < 1.29 is 18.0 Å². The maximum absolute atomic E-state index is 12.1. The summed E-state index contributed by atoms with van der Waals surface area (Å²) in [5.41, 5.74) is -3.47. The van der Waals surface area contributed by atoms with Crippen molar-refractivity contribution >= 4 is 18.2 Å². The number of thioether (sulfide) groups is 1. The Labute approximate surface area is 102 Å². The van der Waals surface area contributed by atoms with Gasteiger partial charge in [0.2, 0.25) is 6.41 Å². The molecule has 0 saturated heterocycles. The molecule has 0 aliphatic heterocycles. The zero-order valence-corrected chi connectivity index (χ0v) is 9.94. The Hall–Kier alpha value is -1.17. The number of hydrogen-bond acceptors (Lipinski definition) is 2. The first-order chi connectivity index (χ1) is 7.96. The van der Waals surface area contributed by atoms with E-state index in [4.69, 9.17) is 0 Å². The largest absolute Gasteiger partial charge is 0.446 e. The number of halogens is 3. The predicted molar refractivity (Wildman–Crippen MR) is 60.6 cm³/mol. The maximum Gasteiger partial charge on any atom is 0.446 e. The van der Waals surface area contributed by atoms with Gasteiger partial charge in [-0.3, -0.25) is 4.79 Å². The molecule has 1 atom stereocenters. The first-order valence-corrected chi connectivity index (χ1v) is 5.83. The van der Waals surface area contributed by atoms with Gasteiger partial charge in [-0.2, -0.15) is 13.2 Å². The van der Waals surface area contributed by atoms with E-state index in [1.165, 1.54) is 12.1 Å². The average Bonchev–Trinajstić information content (AvgIpc) is 2.25. The van der Waals surface area contributed by atoms with Crippen LogP contribution < -0.4 is 5.32 Å². The summed E-state index contributed by atoms with van der Waals surface area (Å²) >= 11 is -0.148. The van der Waals surface area contributed by atoms with Crippen molar-refractivity contribution in [1.82, 2.24) is 5.32 Å². The fraction of sp³-hybridized carbons (Fsp3) is 0.364. The zero-order valence-electron chi connectivity index (χ0n) is 9.12. The normalized spacial score (nSPS) is 13.2. The lowest BCUT2D eigenvalue weighted by Gasteiger charge is -2.14. The number of hydrogen-bond donors (Lipinski definition) is 1. The van der Waals surface area contributed by atoms with Crippen LogP contribution in [0.25, 0.3) is 0 Å². The lowest BCUT2D eigenvalue weighted by Crippen LogP contribution is -2.18. The summed E-state index contributed by atoms with van der Waals surface area (Å²) < 4.78 is 36.3. The second-order valence-corrected chi connectivity index (χ2v) is 4.50. The summed E-state index contributed by atoms with van der Waals surface area (Å²) in [7, 11) is 0. The van der Waals surface area contributed by atoms with E-state index >= 15 is 0 Å². The SMILES string of the molecule is CCC(NC=O)c1ccc(SC(F)(F)F)cc1. The number of amides is 1. The lowest BCUT2D eigenvalue weighted by molar-refractivity contribution is -0.110. The molecule has 0 bridgehead atoms. The van der Waals surface area contributed by atoms with E-state index in [2.05, 4.69) is 5.32 Å². The van der Waals surface area contributed by atoms with Gasteiger partial charge in [-0.1, -0.05) is 19.1 Å². The number of carbonyl (C=O) groups excluding carboxylic acids is 1. The lowest BCUT2D eigenvalue weighted by atomic mass is 10.1. The van der Waals surface area contributed by atoms with Gasteiger partial charge in [0.05, 0.1) is 6.04 Å². The smallest absolute Gasteiger partial charge is 0.352 e. The summed E-state index contributed by atoms with van der Waals surface area (Å²) in [4.78, 5) is 10.5. The Bertz CT molecular complexity index is 364. The molecule has 1 aromatic rings. The average molecular weight is 263 g/mol. The summed E-state index contributed by atoms with van der Waals surface area (Å²) in [5, 5.41) is 2.61. The molecule has 0 aliphatic carbocycles. The van der Waals surface area contributed by atoms with Crippen LogP contribution in [0.4, 0.5) is 13.2 Å². The highest BCUT2D eigenvalue weighted by atomic mass is 32.2. The van der Waals surface area contributed by atoms with Crippen molar-refractivity contribution in [3.8, 4) is 0 Å². The van der Waals surface area contributed by atoms with Gasteiger partial charge in [0.15, 0.2) is 0 Å². The molecule has 0 aromatic heterocycles. The van der Waals surface area contributed by atoms with E-state index < -0.39 is 5.51 Å². The van der Waals surface area contributed by atoms with Crippen LogP contribution in [0.2, 0.25) is 0 Å². The molecule has 0 heterocycles. The molecule has 1 rings (SSSR count). The number of nitrogens with one attached hydrogen (secondary N) is 1. The Morgan fingerprint density at radius 2 is 1.94 bits per heavy atom. The molecule has 6 heteroatoms. The summed E-state index contributed by atoms with van der Waals surface area (Å²) in [6.07, 6.45) is 1.27. The Kier molecular flexibility index (Phi) is 4.86. The quantitative estimate of drug-likeness (QED) is 0.650. The van der Waals surface area contributed by atoms with Crippen LogP contribution in [-0.2, 0) is 4.79 Å². The number of rotatable bonds is 5. The van der Waals surface area contributed by atoms with E-state index in [-0.39, 0.29) is 22.7 Å².